The van der Waals surface area contributed by atoms with Crippen molar-refractivity contribution in [3.63, 3.8) is 0 Å². The minimum atomic E-state index is -0.460. The van der Waals surface area contributed by atoms with Gasteiger partial charge in [0.1, 0.15) is 5.75 Å². The molecule has 1 fully saturated rings. The zero-order valence-corrected chi connectivity index (χ0v) is 8.60. The number of aliphatic hydroxyl groups is 1. The number of aromatic hydroxyl groups is 1. The van der Waals surface area contributed by atoms with Gasteiger partial charge in [-0.15, -0.1) is 0 Å². The Labute approximate surface area is 88.5 Å². The Morgan fingerprint density at radius 2 is 2.20 bits per heavy atom. The molecule has 15 heavy (non-hydrogen) atoms. The molecule has 0 radical (unpaired) electrons. The summed E-state index contributed by atoms with van der Waals surface area (Å²) in [5, 5.41) is 22.0. The maximum absolute atomic E-state index is 9.56. The molecule has 0 unspecified atom stereocenters. The highest BCUT2D eigenvalue weighted by atomic mass is 16.5. The van der Waals surface area contributed by atoms with Gasteiger partial charge in [0.25, 0.3) is 0 Å². The highest BCUT2D eigenvalue weighted by molar-refractivity contribution is 5.54. The predicted octanol–water partition coefficient (Wildman–Crippen LogP) is 0.872. The molecular weight excluding hydrogens is 194 g/mol. The van der Waals surface area contributed by atoms with Crippen LogP contribution < -0.4 is 5.32 Å². The Kier molecular flexibility index (Phi) is 2.79. The van der Waals surface area contributed by atoms with Crippen LogP contribution in [0, 0.1) is 6.92 Å². The van der Waals surface area contributed by atoms with Crippen molar-refractivity contribution in [1.29, 1.82) is 0 Å². The Hall–Kier alpha value is -1.26. The molecule has 0 amide bonds. The monoisotopic (exact) mass is 209 g/mol. The number of benzene rings is 1. The largest absolute Gasteiger partial charge is 0.508 e. The van der Waals surface area contributed by atoms with E-state index in [1.807, 2.05) is 6.92 Å². The van der Waals surface area contributed by atoms with Crippen LogP contribution in [0.15, 0.2) is 18.2 Å². The average Bonchev–Trinajstić information content (AvgIpc) is 2.57. The molecule has 2 atom stereocenters. The Morgan fingerprint density at radius 3 is 2.80 bits per heavy atom. The molecule has 1 aromatic rings. The average molecular weight is 209 g/mol. The van der Waals surface area contributed by atoms with Crippen LogP contribution in [-0.4, -0.2) is 35.6 Å². The summed E-state index contributed by atoms with van der Waals surface area (Å²) in [6.07, 6.45) is -0.460. The number of aryl methyl sites for hydroxylation is 1. The number of aliphatic hydroxyl groups excluding tert-OH is 1. The number of ether oxygens (including phenoxy) is 1. The molecule has 4 nitrogen and oxygen atoms in total. The maximum atomic E-state index is 9.56. The first-order valence-electron chi connectivity index (χ1n) is 4.99. The standard InChI is InChI=1S/C11H15NO3/c1-7-4-8(13)2-3-9(7)12-10-5-15-6-11(10)14/h2-4,10-14H,5-6H2,1H3/t10-,11-/m1/s1. The quantitative estimate of drug-likeness (QED) is 0.632. The third kappa shape index (κ3) is 2.22. The Bertz CT molecular complexity index is 354. The van der Waals surface area contributed by atoms with E-state index >= 15 is 0 Å². The highest BCUT2D eigenvalue weighted by Gasteiger charge is 2.26. The number of phenols is 1. The van der Waals surface area contributed by atoms with Gasteiger partial charge in [0.2, 0.25) is 0 Å². The van der Waals surface area contributed by atoms with Crippen molar-refractivity contribution in [1.82, 2.24) is 0 Å². The molecule has 1 aromatic carbocycles. The highest BCUT2D eigenvalue weighted by Crippen LogP contribution is 2.22. The van der Waals surface area contributed by atoms with Crippen molar-refractivity contribution in [3.05, 3.63) is 23.8 Å². The third-order valence-electron chi connectivity index (χ3n) is 2.60. The minimum Gasteiger partial charge on any atom is -0.508 e. The zero-order chi connectivity index (χ0) is 10.8. The SMILES string of the molecule is Cc1cc(O)ccc1N[C@@H]1COC[C@H]1O. The summed E-state index contributed by atoms with van der Waals surface area (Å²) >= 11 is 0. The van der Waals surface area contributed by atoms with Crippen LogP contribution in [0.1, 0.15) is 5.56 Å². The molecule has 1 aliphatic rings. The van der Waals surface area contributed by atoms with Gasteiger partial charge in [0, 0.05) is 5.69 Å². The van der Waals surface area contributed by atoms with Crippen LogP contribution in [0.5, 0.6) is 5.75 Å². The van der Waals surface area contributed by atoms with Crippen LogP contribution in [0.3, 0.4) is 0 Å². The van der Waals surface area contributed by atoms with Crippen LogP contribution in [-0.2, 0) is 4.74 Å². The maximum Gasteiger partial charge on any atom is 0.115 e. The second-order valence-corrected chi connectivity index (χ2v) is 3.85. The summed E-state index contributed by atoms with van der Waals surface area (Å²) < 4.78 is 5.14. The predicted molar refractivity (Wildman–Crippen MR) is 57.1 cm³/mol. The lowest BCUT2D eigenvalue weighted by atomic mass is 10.1. The van der Waals surface area contributed by atoms with Gasteiger partial charge in [-0.25, -0.2) is 0 Å². The molecule has 3 N–H and O–H groups in total. The lowest BCUT2D eigenvalue weighted by Crippen LogP contribution is -2.32. The van der Waals surface area contributed by atoms with Gasteiger partial charge in [-0.05, 0) is 30.7 Å². The zero-order valence-electron chi connectivity index (χ0n) is 8.60. The van der Waals surface area contributed by atoms with E-state index in [1.165, 1.54) is 0 Å². The summed E-state index contributed by atoms with van der Waals surface area (Å²) in [5.41, 5.74) is 1.87. The minimum absolute atomic E-state index is 0.0618. The van der Waals surface area contributed by atoms with Crippen LogP contribution >= 0.6 is 0 Å². The second-order valence-electron chi connectivity index (χ2n) is 3.85. The van der Waals surface area contributed by atoms with Gasteiger partial charge in [-0.1, -0.05) is 0 Å². The molecule has 1 heterocycles. The van der Waals surface area contributed by atoms with Crippen molar-refractivity contribution in [2.45, 2.75) is 19.1 Å². The first-order chi connectivity index (χ1) is 7.16. The molecular formula is C11H15NO3. The number of hydrogen-bond acceptors (Lipinski definition) is 4. The number of anilines is 1. The fourth-order valence-electron chi connectivity index (χ4n) is 1.69. The van der Waals surface area contributed by atoms with Crippen molar-refractivity contribution < 1.29 is 14.9 Å². The summed E-state index contributed by atoms with van der Waals surface area (Å²) in [4.78, 5) is 0. The van der Waals surface area contributed by atoms with Gasteiger partial charge < -0.3 is 20.3 Å². The van der Waals surface area contributed by atoms with Gasteiger partial charge in [-0.3, -0.25) is 0 Å². The second kappa shape index (κ2) is 4.08. The molecule has 4 heteroatoms. The van der Waals surface area contributed by atoms with Crippen LogP contribution in [0.2, 0.25) is 0 Å². The Morgan fingerprint density at radius 1 is 1.40 bits per heavy atom. The van der Waals surface area contributed by atoms with E-state index < -0.39 is 6.10 Å². The van der Waals surface area contributed by atoms with Gasteiger partial charge in [0.05, 0.1) is 25.4 Å². The molecule has 1 aliphatic heterocycles. The van der Waals surface area contributed by atoms with Crippen molar-refractivity contribution in [3.8, 4) is 5.75 Å². The van der Waals surface area contributed by atoms with Gasteiger partial charge in [0.15, 0.2) is 0 Å². The van der Waals surface area contributed by atoms with Crippen molar-refractivity contribution in [2.24, 2.45) is 0 Å². The first kappa shape index (κ1) is 10.3. The molecule has 82 valence electrons. The smallest absolute Gasteiger partial charge is 0.115 e. The normalized spacial score (nSPS) is 25.5. The fraction of sp³-hybridized carbons (Fsp3) is 0.455. The lowest BCUT2D eigenvalue weighted by molar-refractivity contribution is 0.125. The third-order valence-corrected chi connectivity index (χ3v) is 2.60. The molecule has 1 saturated heterocycles. The fourth-order valence-corrected chi connectivity index (χ4v) is 1.69. The molecule has 0 bridgehead atoms. The van der Waals surface area contributed by atoms with Crippen molar-refractivity contribution in [2.75, 3.05) is 18.5 Å². The number of hydrogen-bond donors (Lipinski definition) is 3. The molecule has 0 aromatic heterocycles. The van der Waals surface area contributed by atoms with E-state index in [9.17, 15) is 10.2 Å². The topological polar surface area (TPSA) is 61.7 Å². The summed E-state index contributed by atoms with van der Waals surface area (Å²) in [7, 11) is 0. The van der Waals surface area contributed by atoms with E-state index in [4.69, 9.17) is 4.74 Å². The van der Waals surface area contributed by atoms with Crippen LogP contribution in [0.4, 0.5) is 5.69 Å². The number of rotatable bonds is 2. The first-order valence-corrected chi connectivity index (χ1v) is 4.99. The molecule has 0 saturated carbocycles. The van der Waals surface area contributed by atoms with E-state index in [0.717, 1.165) is 11.3 Å². The molecule has 0 aliphatic carbocycles. The van der Waals surface area contributed by atoms with E-state index in [2.05, 4.69) is 5.32 Å². The van der Waals surface area contributed by atoms with Gasteiger partial charge >= 0.3 is 0 Å². The van der Waals surface area contributed by atoms with E-state index in [1.54, 1.807) is 18.2 Å². The summed E-state index contributed by atoms with van der Waals surface area (Å²) in [6, 6.07) is 5.05. The van der Waals surface area contributed by atoms with E-state index in [-0.39, 0.29) is 11.8 Å². The lowest BCUT2D eigenvalue weighted by Gasteiger charge is -2.17. The molecule has 0 spiro atoms. The Balaban J connectivity index is 2.10. The number of phenolic OH excluding ortho intramolecular Hbond substituents is 1. The summed E-state index contributed by atoms with van der Waals surface area (Å²) in [6.45, 7) is 2.81. The summed E-state index contributed by atoms with van der Waals surface area (Å²) in [5.74, 6) is 0.251. The molecule has 2 rings (SSSR count). The van der Waals surface area contributed by atoms with Gasteiger partial charge in [-0.2, -0.15) is 0 Å². The van der Waals surface area contributed by atoms with E-state index in [0.29, 0.717) is 13.2 Å². The van der Waals surface area contributed by atoms with Crippen LogP contribution in [0.25, 0.3) is 0 Å². The van der Waals surface area contributed by atoms with Crippen molar-refractivity contribution >= 4 is 5.69 Å². The number of nitrogens with one attached hydrogen (secondary N) is 1.